The summed E-state index contributed by atoms with van der Waals surface area (Å²) < 4.78 is 0.715. The van der Waals surface area contributed by atoms with Crippen LogP contribution in [0.3, 0.4) is 0 Å². The molecule has 6 heteroatoms. The Hall–Kier alpha value is -1.95. The van der Waals surface area contributed by atoms with Gasteiger partial charge in [-0.3, -0.25) is 4.79 Å². The molecule has 1 amide bonds. The largest absolute Gasteiger partial charge is 0.337 e. The third-order valence-electron chi connectivity index (χ3n) is 4.67. The van der Waals surface area contributed by atoms with Gasteiger partial charge in [-0.1, -0.05) is 29.8 Å². The van der Waals surface area contributed by atoms with Gasteiger partial charge in [-0.05, 0) is 37.2 Å². The number of carbonyl (C=O) groups is 1. The predicted octanol–water partition coefficient (Wildman–Crippen LogP) is 4.05. The van der Waals surface area contributed by atoms with E-state index < -0.39 is 0 Å². The fourth-order valence-electron chi connectivity index (χ4n) is 3.26. The molecule has 3 heterocycles. The molecule has 1 atom stereocenters. The van der Waals surface area contributed by atoms with Crippen molar-refractivity contribution in [2.75, 3.05) is 20.1 Å². The van der Waals surface area contributed by atoms with Crippen LogP contribution in [0.15, 0.2) is 42.5 Å². The Morgan fingerprint density at radius 2 is 2.16 bits per heavy atom. The van der Waals surface area contributed by atoms with E-state index in [1.807, 2.05) is 54.4 Å². The van der Waals surface area contributed by atoms with Gasteiger partial charge in [-0.25, -0.2) is 4.98 Å². The molecule has 1 N–H and O–H groups in total. The summed E-state index contributed by atoms with van der Waals surface area (Å²) in [6.45, 7) is 1.80. The van der Waals surface area contributed by atoms with Crippen LogP contribution in [0.1, 0.15) is 16.8 Å². The highest BCUT2D eigenvalue weighted by Gasteiger charge is 2.25. The second-order valence-electron chi connectivity index (χ2n) is 6.24. The number of hydrogen-bond donors (Lipinski definition) is 1. The lowest BCUT2D eigenvalue weighted by Crippen LogP contribution is -2.38. The number of para-hydroxylation sites is 1. The molecule has 0 saturated carbocycles. The number of pyridine rings is 1. The van der Waals surface area contributed by atoms with Gasteiger partial charge in [0, 0.05) is 25.0 Å². The summed E-state index contributed by atoms with van der Waals surface area (Å²) in [7, 11) is 1.89. The quantitative estimate of drug-likeness (QED) is 0.755. The van der Waals surface area contributed by atoms with E-state index in [9.17, 15) is 4.79 Å². The van der Waals surface area contributed by atoms with E-state index in [0.29, 0.717) is 9.90 Å². The third kappa shape index (κ3) is 3.15. The molecule has 1 saturated heterocycles. The Kier molecular flexibility index (Phi) is 4.46. The zero-order chi connectivity index (χ0) is 17.4. The lowest BCUT2D eigenvalue weighted by Gasteiger charge is -2.24. The van der Waals surface area contributed by atoms with E-state index in [2.05, 4.69) is 5.32 Å². The molecular weight excluding hydrogens is 354 g/mol. The van der Waals surface area contributed by atoms with Crippen LogP contribution in [0.5, 0.6) is 0 Å². The van der Waals surface area contributed by atoms with Crippen LogP contribution in [0.2, 0.25) is 4.34 Å². The van der Waals surface area contributed by atoms with Crippen molar-refractivity contribution in [3.63, 3.8) is 0 Å². The number of halogens is 1. The number of nitrogens with one attached hydrogen (secondary N) is 1. The number of fused-ring (bicyclic) bond motifs is 1. The fraction of sp³-hybridized carbons (Fsp3) is 0.263. The SMILES string of the molecule is CN(C(=O)c1cc(-c2ccc(Cl)s2)nc2ccccc12)C1CCNC1. The number of benzene rings is 1. The molecule has 2 aromatic heterocycles. The maximum absolute atomic E-state index is 13.2. The minimum Gasteiger partial charge on any atom is -0.337 e. The molecule has 4 rings (SSSR count). The van der Waals surface area contributed by atoms with Crippen molar-refractivity contribution < 1.29 is 4.79 Å². The molecule has 0 spiro atoms. The number of nitrogens with zero attached hydrogens (tertiary/aromatic N) is 2. The summed E-state index contributed by atoms with van der Waals surface area (Å²) in [5.74, 6) is 0.0382. The number of carbonyl (C=O) groups excluding carboxylic acids is 1. The Morgan fingerprint density at radius 3 is 2.88 bits per heavy atom. The molecular formula is C19H18ClN3OS. The summed E-state index contributed by atoms with van der Waals surface area (Å²) in [4.78, 5) is 20.7. The van der Waals surface area contributed by atoms with Crippen molar-refractivity contribution in [1.82, 2.24) is 15.2 Å². The first-order valence-electron chi connectivity index (χ1n) is 8.27. The number of aromatic nitrogens is 1. The number of thiophene rings is 1. The van der Waals surface area contributed by atoms with Crippen LogP contribution in [-0.4, -0.2) is 42.0 Å². The molecule has 0 radical (unpaired) electrons. The standard InChI is InChI=1S/C19H18ClN3OS/c1-23(12-8-9-21-11-12)19(24)14-10-16(17-6-7-18(20)25-17)22-15-5-3-2-4-13(14)15/h2-7,10,12,21H,8-9,11H2,1H3. The van der Waals surface area contributed by atoms with Crippen molar-refractivity contribution in [2.45, 2.75) is 12.5 Å². The molecule has 3 aromatic rings. The van der Waals surface area contributed by atoms with Gasteiger partial charge in [0.1, 0.15) is 0 Å². The molecule has 1 aliphatic heterocycles. The van der Waals surface area contributed by atoms with Gasteiger partial charge in [-0.15, -0.1) is 11.3 Å². The number of hydrogen-bond acceptors (Lipinski definition) is 4. The van der Waals surface area contributed by atoms with Crippen LogP contribution in [-0.2, 0) is 0 Å². The van der Waals surface area contributed by atoms with Gasteiger partial charge in [0.15, 0.2) is 0 Å². The third-order valence-corrected chi connectivity index (χ3v) is 5.93. The van der Waals surface area contributed by atoms with E-state index in [0.717, 1.165) is 41.0 Å². The summed E-state index contributed by atoms with van der Waals surface area (Å²) in [5, 5.41) is 4.20. The van der Waals surface area contributed by atoms with E-state index in [1.165, 1.54) is 11.3 Å². The first-order chi connectivity index (χ1) is 12.1. The molecule has 1 unspecified atom stereocenters. The van der Waals surface area contributed by atoms with Crippen molar-refractivity contribution in [3.8, 4) is 10.6 Å². The summed E-state index contributed by atoms with van der Waals surface area (Å²) >= 11 is 7.55. The monoisotopic (exact) mass is 371 g/mol. The van der Waals surface area contributed by atoms with Gasteiger partial charge >= 0.3 is 0 Å². The van der Waals surface area contributed by atoms with Crippen molar-refractivity contribution in [3.05, 3.63) is 52.4 Å². The predicted molar refractivity (Wildman–Crippen MR) is 103 cm³/mol. The lowest BCUT2D eigenvalue weighted by molar-refractivity contribution is 0.0746. The highest BCUT2D eigenvalue weighted by Crippen LogP contribution is 2.32. The molecule has 1 aliphatic rings. The minimum atomic E-state index is 0.0382. The zero-order valence-electron chi connectivity index (χ0n) is 13.8. The van der Waals surface area contributed by atoms with E-state index in [1.54, 1.807) is 0 Å². The molecule has 1 aromatic carbocycles. The van der Waals surface area contributed by atoms with Crippen LogP contribution in [0.25, 0.3) is 21.5 Å². The van der Waals surface area contributed by atoms with Gasteiger partial charge < -0.3 is 10.2 Å². The minimum absolute atomic E-state index is 0.0382. The second kappa shape index (κ2) is 6.75. The summed E-state index contributed by atoms with van der Waals surface area (Å²) in [5.41, 5.74) is 2.31. The number of likely N-dealkylation sites (N-methyl/N-ethyl adjacent to an activating group) is 1. The first kappa shape index (κ1) is 16.5. The smallest absolute Gasteiger partial charge is 0.254 e. The van der Waals surface area contributed by atoms with E-state index in [4.69, 9.17) is 16.6 Å². The van der Waals surface area contributed by atoms with Gasteiger partial charge in [0.05, 0.1) is 26.0 Å². The van der Waals surface area contributed by atoms with Gasteiger partial charge in [-0.2, -0.15) is 0 Å². The van der Waals surface area contributed by atoms with Crippen LogP contribution >= 0.6 is 22.9 Å². The van der Waals surface area contributed by atoms with Crippen molar-refractivity contribution in [2.24, 2.45) is 0 Å². The molecule has 4 nitrogen and oxygen atoms in total. The van der Waals surface area contributed by atoms with Gasteiger partial charge in [0.25, 0.3) is 5.91 Å². The molecule has 0 bridgehead atoms. The lowest BCUT2D eigenvalue weighted by atomic mass is 10.0. The first-order valence-corrected chi connectivity index (χ1v) is 9.46. The van der Waals surface area contributed by atoms with Crippen LogP contribution in [0, 0.1) is 0 Å². The summed E-state index contributed by atoms with van der Waals surface area (Å²) in [6, 6.07) is 13.7. The van der Waals surface area contributed by atoms with Crippen molar-refractivity contribution >= 4 is 39.7 Å². The van der Waals surface area contributed by atoms with Crippen LogP contribution < -0.4 is 5.32 Å². The van der Waals surface area contributed by atoms with Gasteiger partial charge in [0.2, 0.25) is 0 Å². The molecule has 0 aliphatic carbocycles. The number of rotatable bonds is 3. The van der Waals surface area contributed by atoms with E-state index >= 15 is 0 Å². The fourth-order valence-corrected chi connectivity index (χ4v) is 4.26. The molecule has 128 valence electrons. The Bertz CT molecular complexity index is 933. The Balaban J connectivity index is 1.82. The maximum Gasteiger partial charge on any atom is 0.254 e. The maximum atomic E-state index is 13.2. The van der Waals surface area contributed by atoms with Crippen molar-refractivity contribution in [1.29, 1.82) is 0 Å². The average Bonchev–Trinajstić information content (AvgIpc) is 3.31. The Morgan fingerprint density at radius 1 is 1.32 bits per heavy atom. The average molecular weight is 372 g/mol. The highest BCUT2D eigenvalue weighted by molar-refractivity contribution is 7.19. The number of amides is 1. The zero-order valence-corrected chi connectivity index (χ0v) is 15.4. The highest BCUT2D eigenvalue weighted by atomic mass is 35.5. The Labute approximate surface area is 155 Å². The second-order valence-corrected chi connectivity index (χ2v) is 7.95. The normalized spacial score (nSPS) is 17.1. The van der Waals surface area contributed by atoms with Crippen LogP contribution in [0.4, 0.5) is 0 Å². The molecule has 1 fully saturated rings. The topological polar surface area (TPSA) is 45.2 Å². The van der Waals surface area contributed by atoms with E-state index in [-0.39, 0.29) is 11.9 Å². The molecule has 25 heavy (non-hydrogen) atoms. The summed E-state index contributed by atoms with van der Waals surface area (Å²) in [6.07, 6.45) is 0.985.